The molecule has 1 aromatic rings. The smallest absolute Gasteiger partial charge is 0.122 e. The van der Waals surface area contributed by atoms with Crippen molar-refractivity contribution in [3.05, 3.63) is 23.8 Å². The standard InChI is InChI=1S/C12H18NO2P/c1-10-3-4-11(9-12(10)15-2)16(14)7-5-13-6-8-16/h3-4,9,13H,5-8H2,1-2H3. The van der Waals surface area contributed by atoms with Crippen LogP contribution in [0.2, 0.25) is 0 Å². The Morgan fingerprint density at radius 1 is 1.31 bits per heavy atom. The van der Waals surface area contributed by atoms with Gasteiger partial charge in [-0.1, -0.05) is 12.1 Å². The Bertz CT molecular complexity index is 421. The van der Waals surface area contributed by atoms with Gasteiger partial charge in [0.2, 0.25) is 0 Å². The van der Waals surface area contributed by atoms with Gasteiger partial charge in [-0.25, -0.2) is 0 Å². The third-order valence-electron chi connectivity index (χ3n) is 3.16. The normalized spacial score (nSPS) is 19.4. The monoisotopic (exact) mass is 239 g/mol. The molecule has 1 aliphatic rings. The van der Waals surface area contributed by atoms with Crippen LogP contribution in [0.4, 0.5) is 0 Å². The van der Waals surface area contributed by atoms with Crippen LogP contribution in [0.3, 0.4) is 0 Å². The van der Waals surface area contributed by atoms with Crippen LogP contribution >= 0.6 is 7.14 Å². The van der Waals surface area contributed by atoms with Crippen LogP contribution in [0.25, 0.3) is 0 Å². The summed E-state index contributed by atoms with van der Waals surface area (Å²) in [6, 6.07) is 5.93. The maximum atomic E-state index is 12.7. The Morgan fingerprint density at radius 2 is 2.00 bits per heavy atom. The number of methoxy groups -OCH3 is 1. The first-order valence-electron chi connectivity index (χ1n) is 5.60. The fourth-order valence-electron chi connectivity index (χ4n) is 2.08. The van der Waals surface area contributed by atoms with Gasteiger partial charge in [0.25, 0.3) is 0 Å². The van der Waals surface area contributed by atoms with Crippen molar-refractivity contribution < 1.29 is 9.30 Å². The number of benzene rings is 1. The van der Waals surface area contributed by atoms with E-state index in [2.05, 4.69) is 5.32 Å². The molecule has 16 heavy (non-hydrogen) atoms. The molecule has 0 radical (unpaired) electrons. The molecule has 0 atom stereocenters. The van der Waals surface area contributed by atoms with Crippen molar-refractivity contribution in [2.45, 2.75) is 6.92 Å². The van der Waals surface area contributed by atoms with Gasteiger partial charge in [-0.15, -0.1) is 0 Å². The number of nitrogens with one attached hydrogen (secondary N) is 1. The highest BCUT2D eigenvalue weighted by molar-refractivity contribution is 7.71. The molecule has 88 valence electrons. The zero-order valence-electron chi connectivity index (χ0n) is 9.82. The van der Waals surface area contributed by atoms with Crippen molar-refractivity contribution in [2.24, 2.45) is 0 Å². The molecule has 1 saturated heterocycles. The summed E-state index contributed by atoms with van der Waals surface area (Å²) >= 11 is 0. The van der Waals surface area contributed by atoms with E-state index in [1.165, 1.54) is 0 Å². The van der Waals surface area contributed by atoms with Crippen LogP contribution < -0.4 is 15.4 Å². The predicted molar refractivity (Wildman–Crippen MR) is 67.6 cm³/mol. The van der Waals surface area contributed by atoms with E-state index in [9.17, 15) is 4.57 Å². The van der Waals surface area contributed by atoms with Crippen LogP contribution in [0.1, 0.15) is 5.56 Å². The summed E-state index contributed by atoms with van der Waals surface area (Å²) in [5, 5.41) is 4.22. The highest BCUT2D eigenvalue weighted by Gasteiger charge is 2.27. The second-order valence-electron chi connectivity index (χ2n) is 4.24. The molecule has 1 fully saturated rings. The first-order valence-corrected chi connectivity index (χ1v) is 7.67. The van der Waals surface area contributed by atoms with E-state index in [1.807, 2.05) is 25.1 Å². The molecule has 0 amide bonds. The number of aryl methyl sites for hydroxylation is 1. The van der Waals surface area contributed by atoms with Gasteiger partial charge in [0, 0.05) is 30.7 Å². The zero-order valence-corrected chi connectivity index (χ0v) is 10.7. The van der Waals surface area contributed by atoms with Crippen LogP contribution in [-0.2, 0) is 4.57 Å². The highest BCUT2D eigenvalue weighted by atomic mass is 31.2. The lowest BCUT2D eigenvalue weighted by Crippen LogP contribution is -2.32. The summed E-state index contributed by atoms with van der Waals surface area (Å²) in [6.07, 6.45) is 1.53. The Balaban J connectivity index is 2.36. The van der Waals surface area contributed by atoms with Gasteiger partial charge in [-0.2, -0.15) is 0 Å². The lowest BCUT2D eigenvalue weighted by atomic mass is 10.2. The molecule has 0 saturated carbocycles. The number of hydrogen-bond acceptors (Lipinski definition) is 3. The van der Waals surface area contributed by atoms with Crippen molar-refractivity contribution >= 4 is 12.4 Å². The van der Waals surface area contributed by atoms with Crippen LogP contribution in [0, 0.1) is 6.92 Å². The van der Waals surface area contributed by atoms with E-state index in [-0.39, 0.29) is 0 Å². The van der Waals surface area contributed by atoms with E-state index >= 15 is 0 Å². The van der Waals surface area contributed by atoms with Crippen molar-refractivity contribution in [1.82, 2.24) is 5.32 Å². The number of ether oxygens (including phenoxy) is 1. The van der Waals surface area contributed by atoms with Crippen LogP contribution in [0.15, 0.2) is 18.2 Å². The minimum atomic E-state index is -2.17. The van der Waals surface area contributed by atoms with Crippen LogP contribution in [-0.4, -0.2) is 32.5 Å². The molecule has 0 unspecified atom stereocenters. The van der Waals surface area contributed by atoms with Crippen molar-refractivity contribution in [3.63, 3.8) is 0 Å². The summed E-state index contributed by atoms with van der Waals surface area (Å²) in [5.41, 5.74) is 1.09. The first-order chi connectivity index (χ1) is 7.65. The topological polar surface area (TPSA) is 38.3 Å². The Labute approximate surface area is 96.6 Å². The zero-order chi connectivity index (χ0) is 11.6. The van der Waals surface area contributed by atoms with E-state index in [0.29, 0.717) is 0 Å². The van der Waals surface area contributed by atoms with Crippen molar-refractivity contribution in [2.75, 3.05) is 32.5 Å². The lowest BCUT2D eigenvalue weighted by molar-refractivity contribution is 0.412. The average molecular weight is 239 g/mol. The molecule has 0 bridgehead atoms. The molecule has 0 aliphatic carbocycles. The maximum absolute atomic E-state index is 12.7. The van der Waals surface area contributed by atoms with Gasteiger partial charge < -0.3 is 14.6 Å². The quantitative estimate of drug-likeness (QED) is 0.797. The summed E-state index contributed by atoms with van der Waals surface area (Å²) in [4.78, 5) is 0. The second-order valence-corrected chi connectivity index (χ2v) is 7.43. The lowest BCUT2D eigenvalue weighted by Gasteiger charge is -2.24. The molecule has 2 rings (SSSR count). The largest absolute Gasteiger partial charge is 0.496 e. The van der Waals surface area contributed by atoms with Gasteiger partial charge in [-0.05, 0) is 18.6 Å². The van der Waals surface area contributed by atoms with Gasteiger partial charge in [0.1, 0.15) is 12.9 Å². The fourth-order valence-corrected chi connectivity index (χ4v) is 4.55. The molecule has 1 aliphatic heterocycles. The minimum Gasteiger partial charge on any atom is -0.496 e. The van der Waals surface area contributed by atoms with Gasteiger partial charge in [-0.3, -0.25) is 0 Å². The molecule has 1 aromatic carbocycles. The molecule has 3 nitrogen and oxygen atoms in total. The molecule has 1 N–H and O–H groups in total. The molecular weight excluding hydrogens is 221 g/mol. The molecule has 0 aromatic heterocycles. The van der Waals surface area contributed by atoms with Crippen LogP contribution in [0.5, 0.6) is 5.75 Å². The Kier molecular flexibility index (Phi) is 3.36. The maximum Gasteiger partial charge on any atom is 0.122 e. The summed E-state index contributed by atoms with van der Waals surface area (Å²) in [6.45, 7) is 3.71. The highest BCUT2D eigenvalue weighted by Crippen LogP contribution is 2.45. The van der Waals surface area contributed by atoms with E-state index in [0.717, 1.165) is 42.0 Å². The average Bonchev–Trinajstić information content (AvgIpc) is 2.30. The van der Waals surface area contributed by atoms with Crippen molar-refractivity contribution in [3.8, 4) is 5.75 Å². The number of rotatable bonds is 2. The summed E-state index contributed by atoms with van der Waals surface area (Å²) in [5.74, 6) is 0.839. The van der Waals surface area contributed by atoms with Gasteiger partial charge in [0.15, 0.2) is 0 Å². The predicted octanol–water partition coefficient (Wildman–Crippen LogP) is 1.60. The van der Waals surface area contributed by atoms with E-state index < -0.39 is 7.14 Å². The summed E-state index contributed by atoms with van der Waals surface area (Å²) < 4.78 is 18.0. The number of hydrogen-bond donors (Lipinski definition) is 1. The third kappa shape index (κ3) is 2.16. The van der Waals surface area contributed by atoms with Crippen molar-refractivity contribution in [1.29, 1.82) is 0 Å². The van der Waals surface area contributed by atoms with Gasteiger partial charge in [0.05, 0.1) is 7.11 Å². The van der Waals surface area contributed by atoms with Gasteiger partial charge >= 0.3 is 0 Å². The molecular formula is C12H18NO2P. The Morgan fingerprint density at radius 3 is 2.62 bits per heavy atom. The molecule has 1 heterocycles. The Hall–Kier alpha value is -0.790. The third-order valence-corrected chi connectivity index (χ3v) is 6.27. The fraction of sp³-hybridized carbons (Fsp3) is 0.500. The molecule has 0 spiro atoms. The molecule has 4 heteroatoms. The SMILES string of the molecule is COc1cc(P2(=O)CCNCC2)ccc1C. The summed E-state index contributed by atoms with van der Waals surface area (Å²) in [7, 11) is -0.511. The first kappa shape index (κ1) is 11.7. The minimum absolute atomic E-state index is 0.763. The van der Waals surface area contributed by atoms with E-state index in [4.69, 9.17) is 4.74 Å². The second kappa shape index (κ2) is 4.60. The van der Waals surface area contributed by atoms with E-state index in [1.54, 1.807) is 7.11 Å².